The maximum atomic E-state index is 11.5. The van der Waals surface area contributed by atoms with Crippen LogP contribution in [0.1, 0.15) is 58.3 Å². The molecule has 1 aliphatic heterocycles. The fourth-order valence-corrected chi connectivity index (χ4v) is 4.95. The zero-order chi connectivity index (χ0) is 12.8. The first-order valence-electron chi connectivity index (χ1n) is 6.94. The molecule has 0 amide bonds. The lowest BCUT2D eigenvalue weighted by molar-refractivity contribution is 0.304. The minimum atomic E-state index is -2.80. The molecule has 0 aromatic carbocycles. The van der Waals surface area contributed by atoms with Crippen LogP contribution < -0.4 is 5.73 Å². The Hall–Kier alpha value is -0.0900. The van der Waals surface area contributed by atoms with Crippen LogP contribution in [0, 0.1) is 5.41 Å². The van der Waals surface area contributed by atoms with Crippen molar-refractivity contribution in [2.45, 2.75) is 58.3 Å². The van der Waals surface area contributed by atoms with Crippen LogP contribution in [-0.2, 0) is 9.84 Å². The van der Waals surface area contributed by atoms with Crippen molar-refractivity contribution < 1.29 is 8.42 Å². The molecule has 1 atom stereocenters. The van der Waals surface area contributed by atoms with Crippen molar-refractivity contribution >= 4 is 9.84 Å². The Balaban J connectivity index is 2.24. The molecular formula is C13H27NO2S. The van der Waals surface area contributed by atoms with E-state index in [1.54, 1.807) is 0 Å². The molecule has 17 heavy (non-hydrogen) atoms. The second kappa shape index (κ2) is 6.74. The van der Waals surface area contributed by atoms with Gasteiger partial charge in [0.25, 0.3) is 0 Å². The molecule has 0 aliphatic carbocycles. The van der Waals surface area contributed by atoms with Gasteiger partial charge in [-0.2, -0.15) is 0 Å². The van der Waals surface area contributed by atoms with Gasteiger partial charge in [-0.3, -0.25) is 0 Å². The summed E-state index contributed by atoms with van der Waals surface area (Å²) in [5.74, 6) is 0.672. The lowest BCUT2D eigenvalue weighted by Gasteiger charge is -2.25. The SMILES string of the molecule is CCCCCCCCC1(CN)CCS(=O)(=O)C1. The standard InChI is InChI=1S/C13H27NO2S/c1-2-3-4-5-6-7-8-13(11-14)9-10-17(15,16)12-13/h2-12,14H2,1H3. The van der Waals surface area contributed by atoms with Crippen molar-refractivity contribution in [1.82, 2.24) is 0 Å². The average molecular weight is 261 g/mol. The molecule has 0 bridgehead atoms. The highest BCUT2D eigenvalue weighted by molar-refractivity contribution is 7.91. The Morgan fingerprint density at radius 3 is 2.29 bits per heavy atom. The Morgan fingerprint density at radius 2 is 1.76 bits per heavy atom. The van der Waals surface area contributed by atoms with E-state index in [4.69, 9.17) is 5.73 Å². The molecule has 1 unspecified atom stereocenters. The van der Waals surface area contributed by atoms with E-state index >= 15 is 0 Å². The molecule has 1 saturated heterocycles. The monoisotopic (exact) mass is 261 g/mol. The number of nitrogens with two attached hydrogens (primary N) is 1. The van der Waals surface area contributed by atoms with Crippen LogP contribution in [0.25, 0.3) is 0 Å². The van der Waals surface area contributed by atoms with Crippen molar-refractivity contribution in [1.29, 1.82) is 0 Å². The van der Waals surface area contributed by atoms with Crippen molar-refractivity contribution in [2.24, 2.45) is 11.1 Å². The number of unbranched alkanes of at least 4 members (excludes halogenated alkanes) is 5. The Morgan fingerprint density at radius 1 is 1.12 bits per heavy atom. The second-order valence-electron chi connectivity index (χ2n) is 5.56. The van der Waals surface area contributed by atoms with Crippen LogP contribution in [0.5, 0.6) is 0 Å². The first-order valence-corrected chi connectivity index (χ1v) is 8.76. The van der Waals surface area contributed by atoms with Gasteiger partial charge >= 0.3 is 0 Å². The van der Waals surface area contributed by atoms with E-state index in [-0.39, 0.29) is 5.41 Å². The van der Waals surface area contributed by atoms with Gasteiger partial charge in [0.15, 0.2) is 9.84 Å². The average Bonchev–Trinajstić information content (AvgIpc) is 2.60. The highest BCUT2D eigenvalue weighted by Crippen LogP contribution is 2.36. The number of sulfone groups is 1. The third-order valence-electron chi connectivity index (χ3n) is 3.96. The molecule has 0 aromatic rings. The summed E-state index contributed by atoms with van der Waals surface area (Å²) in [7, 11) is -2.80. The highest BCUT2D eigenvalue weighted by atomic mass is 32.2. The quantitative estimate of drug-likeness (QED) is 0.683. The molecule has 0 radical (unpaired) electrons. The molecule has 4 heteroatoms. The highest BCUT2D eigenvalue weighted by Gasteiger charge is 2.40. The lowest BCUT2D eigenvalue weighted by Crippen LogP contribution is -2.31. The van der Waals surface area contributed by atoms with Crippen molar-refractivity contribution in [3.63, 3.8) is 0 Å². The fraction of sp³-hybridized carbons (Fsp3) is 1.00. The Bertz CT molecular complexity index is 313. The van der Waals surface area contributed by atoms with Crippen molar-refractivity contribution in [3.05, 3.63) is 0 Å². The Kier molecular flexibility index (Phi) is 5.93. The van der Waals surface area contributed by atoms with Crippen LogP contribution in [-0.4, -0.2) is 26.5 Å². The third-order valence-corrected chi connectivity index (χ3v) is 5.84. The van der Waals surface area contributed by atoms with Crippen LogP contribution in [0.2, 0.25) is 0 Å². The second-order valence-corrected chi connectivity index (χ2v) is 7.75. The maximum absolute atomic E-state index is 11.5. The van der Waals surface area contributed by atoms with Crippen molar-refractivity contribution in [2.75, 3.05) is 18.1 Å². The molecule has 0 aromatic heterocycles. The van der Waals surface area contributed by atoms with Gasteiger partial charge in [0, 0.05) is 0 Å². The van der Waals surface area contributed by atoms with Crippen LogP contribution >= 0.6 is 0 Å². The summed E-state index contributed by atoms with van der Waals surface area (Å²) in [6.07, 6.45) is 9.31. The molecule has 0 saturated carbocycles. The summed E-state index contributed by atoms with van der Waals surface area (Å²) >= 11 is 0. The van der Waals surface area contributed by atoms with Crippen LogP contribution in [0.15, 0.2) is 0 Å². The maximum Gasteiger partial charge on any atom is 0.150 e. The van der Waals surface area contributed by atoms with Gasteiger partial charge in [-0.1, -0.05) is 45.4 Å². The smallest absolute Gasteiger partial charge is 0.150 e. The van der Waals surface area contributed by atoms with E-state index < -0.39 is 9.84 Å². The molecule has 102 valence electrons. The summed E-state index contributed by atoms with van der Waals surface area (Å²) in [5.41, 5.74) is 5.69. The van der Waals surface area contributed by atoms with Gasteiger partial charge in [-0.25, -0.2) is 8.42 Å². The van der Waals surface area contributed by atoms with E-state index in [1.165, 1.54) is 32.1 Å². The third kappa shape index (κ3) is 4.96. The van der Waals surface area contributed by atoms with Gasteiger partial charge in [0.05, 0.1) is 11.5 Å². The van der Waals surface area contributed by atoms with Crippen molar-refractivity contribution in [3.8, 4) is 0 Å². The molecule has 1 rings (SSSR count). The Labute approximate surface area is 106 Å². The van der Waals surface area contributed by atoms with Gasteiger partial charge in [0.2, 0.25) is 0 Å². The summed E-state index contributed by atoms with van der Waals surface area (Å²) < 4.78 is 23.0. The van der Waals surface area contributed by atoms with E-state index in [2.05, 4.69) is 6.92 Å². The van der Waals surface area contributed by atoms with Crippen LogP contribution in [0.4, 0.5) is 0 Å². The van der Waals surface area contributed by atoms with Gasteiger partial charge in [-0.15, -0.1) is 0 Å². The topological polar surface area (TPSA) is 60.2 Å². The van der Waals surface area contributed by atoms with E-state index in [0.29, 0.717) is 18.1 Å². The predicted molar refractivity (Wildman–Crippen MR) is 72.8 cm³/mol. The van der Waals surface area contributed by atoms with Gasteiger partial charge in [0.1, 0.15) is 0 Å². The zero-order valence-corrected chi connectivity index (χ0v) is 11.9. The number of hydrogen-bond acceptors (Lipinski definition) is 3. The molecule has 1 fully saturated rings. The first kappa shape index (κ1) is 15.0. The largest absolute Gasteiger partial charge is 0.330 e. The summed E-state index contributed by atoms with van der Waals surface area (Å²) in [6.45, 7) is 2.74. The summed E-state index contributed by atoms with van der Waals surface area (Å²) in [6, 6.07) is 0. The van der Waals surface area contributed by atoms with Gasteiger partial charge in [-0.05, 0) is 24.8 Å². The van der Waals surface area contributed by atoms with Crippen LogP contribution in [0.3, 0.4) is 0 Å². The summed E-state index contributed by atoms with van der Waals surface area (Å²) in [5, 5.41) is 0. The number of hydrogen-bond donors (Lipinski definition) is 1. The normalized spacial score (nSPS) is 27.4. The van der Waals surface area contributed by atoms with E-state index in [1.807, 2.05) is 0 Å². The molecular weight excluding hydrogens is 234 g/mol. The number of rotatable bonds is 8. The summed E-state index contributed by atoms with van der Waals surface area (Å²) in [4.78, 5) is 0. The molecule has 1 aliphatic rings. The fourth-order valence-electron chi connectivity index (χ4n) is 2.72. The minimum Gasteiger partial charge on any atom is -0.330 e. The molecule has 2 N–H and O–H groups in total. The molecule has 0 spiro atoms. The lowest BCUT2D eigenvalue weighted by atomic mass is 9.82. The van der Waals surface area contributed by atoms with E-state index in [9.17, 15) is 8.42 Å². The molecule has 3 nitrogen and oxygen atoms in total. The molecule has 1 heterocycles. The van der Waals surface area contributed by atoms with Gasteiger partial charge < -0.3 is 5.73 Å². The minimum absolute atomic E-state index is 0.0937. The zero-order valence-electron chi connectivity index (χ0n) is 11.1. The predicted octanol–water partition coefficient (Wildman–Crippen LogP) is 2.50. The van der Waals surface area contributed by atoms with E-state index in [0.717, 1.165) is 19.3 Å². The first-order chi connectivity index (χ1) is 8.04.